The van der Waals surface area contributed by atoms with Crippen molar-refractivity contribution in [3.63, 3.8) is 0 Å². The van der Waals surface area contributed by atoms with Crippen LogP contribution in [0.2, 0.25) is 0 Å². The fourth-order valence-electron chi connectivity index (χ4n) is 5.44. The van der Waals surface area contributed by atoms with E-state index in [1.54, 1.807) is 43.7 Å². The summed E-state index contributed by atoms with van der Waals surface area (Å²) in [7, 11) is 0.808. The first-order chi connectivity index (χ1) is 21.2. The average Bonchev–Trinajstić information content (AvgIpc) is 3.46. The van der Waals surface area contributed by atoms with E-state index in [2.05, 4.69) is 41.7 Å². The summed E-state index contributed by atoms with van der Waals surface area (Å²) in [4.78, 5) is 20.7. The highest BCUT2D eigenvalue weighted by molar-refractivity contribution is 7.71. The van der Waals surface area contributed by atoms with Crippen molar-refractivity contribution in [3.8, 4) is 16.9 Å². The van der Waals surface area contributed by atoms with Gasteiger partial charge in [0.25, 0.3) is 0 Å². The number of methoxy groups -OCH3 is 1. The highest BCUT2D eigenvalue weighted by Gasteiger charge is 2.23. The summed E-state index contributed by atoms with van der Waals surface area (Å²) in [5.41, 5.74) is 6.65. The number of benzene rings is 2. The smallest absolute Gasteiger partial charge is 0.229 e. The quantitative estimate of drug-likeness (QED) is 0.219. The topological polar surface area (TPSA) is 132 Å². The molecule has 2 aromatic carbocycles. The van der Waals surface area contributed by atoms with Crippen LogP contribution in [0.3, 0.4) is 0 Å². The fourth-order valence-corrected chi connectivity index (χ4v) is 6.84. The number of morpholine rings is 1. The summed E-state index contributed by atoms with van der Waals surface area (Å²) < 4.78 is 26.7. The maximum atomic E-state index is 13.5. The van der Waals surface area contributed by atoms with Crippen molar-refractivity contribution in [2.24, 2.45) is 7.05 Å². The summed E-state index contributed by atoms with van der Waals surface area (Å²) in [6.45, 7) is 8.42. The lowest BCUT2D eigenvalue weighted by Gasteiger charge is -2.31. The minimum Gasteiger partial charge on any atom is -0.494 e. The SMILES string of the molecule is CCc1cnc(Nc2cc(-c3cnn(C)c3)c(N3CCOCC3)cc2OC)nc1Nc1ccc2nccnc2c1P(C)(C)=O. The van der Waals surface area contributed by atoms with E-state index in [0.717, 1.165) is 35.5 Å². The lowest BCUT2D eigenvalue weighted by Crippen LogP contribution is -2.36. The molecule has 0 aliphatic carbocycles. The van der Waals surface area contributed by atoms with Crippen LogP contribution in [-0.2, 0) is 22.8 Å². The van der Waals surface area contributed by atoms with Gasteiger partial charge in [-0.3, -0.25) is 14.6 Å². The summed E-state index contributed by atoms with van der Waals surface area (Å²) in [5.74, 6) is 1.65. The van der Waals surface area contributed by atoms with E-state index in [1.807, 2.05) is 44.6 Å². The zero-order chi connectivity index (χ0) is 30.8. The number of ether oxygens (including phenoxy) is 2. The number of aromatic nitrogens is 6. The molecule has 5 aromatic rings. The van der Waals surface area contributed by atoms with Gasteiger partial charge in [-0.25, -0.2) is 4.98 Å². The maximum Gasteiger partial charge on any atom is 0.229 e. The molecule has 0 unspecified atom stereocenters. The van der Waals surface area contributed by atoms with Crippen LogP contribution in [0, 0.1) is 0 Å². The molecule has 1 saturated heterocycles. The van der Waals surface area contributed by atoms with Crippen LogP contribution in [0.1, 0.15) is 12.5 Å². The summed E-state index contributed by atoms with van der Waals surface area (Å²) >= 11 is 0. The highest BCUT2D eigenvalue weighted by atomic mass is 31.2. The van der Waals surface area contributed by atoms with Crippen molar-refractivity contribution >= 4 is 52.3 Å². The molecule has 0 saturated carbocycles. The molecular formula is C31H36N9O3P. The van der Waals surface area contributed by atoms with Crippen LogP contribution < -0.4 is 25.6 Å². The van der Waals surface area contributed by atoms with Crippen molar-refractivity contribution in [1.82, 2.24) is 29.7 Å². The molecule has 2 N–H and O–H groups in total. The second-order valence-corrected chi connectivity index (χ2v) is 14.1. The molecule has 44 heavy (non-hydrogen) atoms. The zero-order valence-electron chi connectivity index (χ0n) is 25.5. The Labute approximate surface area is 256 Å². The molecule has 0 amide bonds. The van der Waals surface area contributed by atoms with Crippen LogP contribution in [-0.4, -0.2) is 76.5 Å². The molecule has 1 aliphatic rings. The van der Waals surface area contributed by atoms with E-state index in [9.17, 15) is 4.57 Å². The lowest BCUT2D eigenvalue weighted by atomic mass is 10.0. The number of hydrogen-bond acceptors (Lipinski definition) is 11. The Morgan fingerprint density at radius 3 is 2.52 bits per heavy atom. The molecule has 12 nitrogen and oxygen atoms in total. The number of hydrogen-bond donors (Lipinski definition) is 2. The van der Waals surface area contributed by atoms with Crippen LogP contribution >= 0.6 is 7.14 Å². The maximum absolute atomic E-state index is 13.5. The van der Waals surface area contributed by atoms with Gasteiger partial charge in [0.1, 0.15) is 24.2 Å². The third-order valence-electron chi connectivity index (χ3n) is 7.58. The summed E-state index contributed by atoms with van der Waals surface area (Å²) in [5, 5.41) is 11.9. The Morgan fingerprint density at radius 2 is 1.82 bits per heavy atom. The van der Waals surface area contributed by atoms with E-state index in [4.69, 9.17) is 14.5 Å². The van der Waals surface area contributed by atoms with Crippen molar-refractivity contribution in [2.75, 3.05) is 62.3 Å². The van der Waals surface area contributed by atoms with Gasteiger partial charge in [0.15, 0.2) is 0 Å². The van der Waals surface area contributed by atoms with Gasteiger partial charge in [0.2, 0.25) is 5.95 Å². The monoisotopic (exact) mass is 613 g/mol. The molecule has 0 bridgehead atoms. The molecule has 0 radical (unpaired) electrons. The van der Waals surface area contributed by atoms with Crippen LogP contribution in [0.15, 0.2) is 55.2 Å². The average molecular weight is 614 g/mol. The van der Waals surface area contributed by atoms with Crippen LogP contribution in [0.4, 0.5) is 28.8 Å². The molecule has 4 heterocycles. The van der Waals surface area contributed by atoms with Gasteiger partial charge >= 0.3 is 0 Å². The summed E-state index contributed by atoms with van der Waals surface area (Å²) in [6, 6.07) is 7.85. The van der Waals surface area contributed by atoms with Crippen LogP contribution in [0.5, 0.6) is 5.75 Å². The van der Waals surface area contributed by atoms with Crippen molar-refractivity contribution in [1.29, 1.82) is 0 Å². The van der Waals surface area contributed by atoms with Crippen molar-refractivity contribution in [3.05, 3.63) is 60.8 Å². The van der Waals surface area contributed by atoms with Gasteiger partial charge in [-0.15, -0.1) is 0 Å². The van der Waals surface area contributed by atoms with E-state index in [0.29, 0.717) is 64.9 Å². The Balaban J connectivity index is 1.40. The van der Waals surface area contributed by atoms with Gasteiger partial charge in [0.05, 0.1) is 48.7 Å². The Morgan fingerprint density at radius 1 is 1.02 bits per heavy atom. The highest BCUT2D eigenvalue weighted by Crippen LogP contribution is 2.42. The minimum absolute atomic E-state index is 0.387. The number of fused-ring (bicyclic) bond motifs is 1. The molecule has 6 rings (SSSR count). The number of rotatable bonds is 9. The Bertz CT molecular complexity index is 1860. The molecule has 3 aromatic heterocycles. The molecule has 0 atom stereocenters. The van der Waals surface area contributed by atoms with E-state index in [1.165, 1.54) is 0 Å². The second-order valence-electron chi connectivity index (χ2n) is 11.0. The molecule has 1 aliphatic heterocycles. The second kappa shape index (κ2) is 12.2. The van der Waals surface area contributed by atoms with Gasteiger partial charge in [0, 0.05) is 73.4 Å². The third-order valence-corrected chi connectivity index (χ3v) is 9.11. The number of anilines is 5. The van der Waals surface area contributed by atoms with Crippen molar-refractivity contribution in [2.45, 2.75) is 13.3 Å². The van der Waals surface area contributed by atoms with E-state index >= 15 is 0 Å². The van der Waals surface area contributed by atoms with Crippen LogP contribution in [0.25, 0.3) is 22.2 Å². The first kappa shape index (κ1) is 29.5. The van der Waals surface area contributed by atoms with E-state index < -0.39 is 7.14 Å². The summed E-state index contributed by atoms with van der Waals surface area (Å²) in [6.07, 6.45) is 9.60. The van der Waals surface area contributed by atoms with Gasteiger partial charge in [-0.2, -0.15) is 10.1 Å². The molecule has 13 heteroatoms. The molecule has 0 spiro atoms. The first-order valence-corrected chi connectivity index (χ1v) is 17.1. The Kier molecular flexibility index (Phi) is 8.20. The number of aryl methyl sites for hydroxylation is 2. The zero-order valence-corrected chi connectivity index (χ0v) is 26.4. The van der Waals surface area contributed by atoms with Crippen molar-refractivity contribution < 1.29 is 14.0 Å². The first-order valence-electron chi connectivity index (χ1n) is 14.5. The standard InChI is InChI=1S/C31H36N9O3P/c1-6-20-17-34-31(38-30(20)36-24-8-7-23-28(33-10-9-32-23)29(24)44(4,5)41)37-25-15-22(21-18-35-39(2)19-21)26(16-27(25)42-3)40-11-13-43-14-12-40/h7-10,15-19H,6,11-14H2,1-5H3,(H2,34,36,37,38). The van der Waals surface area contributed by atoms with E-state index in [-0.39, 0.29) is 0 Å². The minimum atomic E-state index is -2.75. The van der Waals surface area contributed by atoms with Gasteiger partial charge < -0.3 is 29.6 Å². The lowest BCUT2D eigenvalue weighted by molar-refractivity contribution is 0.122. The number of nitrogens with one attached hydrogen (secondary N) is 2. The predicted molar refractivity (Wildman–Crippen MR) is 175 cm³/mol. The third kappa shape index (κ3) is 5.95. The molecular weight excluding hydrogens is 577 g/mol. The fraction of sp³-hybridized carbons (Fsp3) is 0.323. The largest absolute Gasteiger partial charge is 0.494 e. The molecule has 228 valence electrons. The van der Waals surface area contributed by atoms with Gasteiger partial charge in [-0.05, 0) is 37.9 Å². The normalized spacial score (nSPS) is 13.7. The number of nitrogens with zero attached hydrogens (tertiary/aromatic N) is 7. The van der Waals surface area contributed by atoms with Gasteiger partial charge in [-0.1, -0.05) is 6.92 Å². The Hall–Kier alpha value is -4.54. The predicted octanol–water partition coefficient (Wildman–Crippen LogP) is 4.96. The molecule has 1 fully saturated rings.